The average molecular weight is 274 g/mol. The van der Waals surface area contributed by atoms with Gasteiger partial charge in [-0.2, -0.15) is 4.98 Å². The quantitative estimate of drug-likeness (QED) is 0.785. The van der Waals surface area contributed by atoms with E-state index >= 15 is 0 Å². The van der Waals surface area contributed by atoms with Gasteiger partial charge in [0.2, 0.25) is 5.95 Å². The normalized spacial score (nSPS) is 10.3. The summed E-state index contributed by atoms with van der Waals surface area (Å²) in [5.74, 6) is 0.850. The maximum absolute atomic E-state index is 13.6. The Bertz CT molecular complexity index is 572. The van der Waals surface area contributed by atoms with E-state index < -0.39 is 0 Å². The molecule has 1 aromatic carbocycles. The number of aromatic nitrogens is 2. The lowest BCUT2D eigenvalue weighted by Gasteiger charge is -2.10. The van der Waals surface area contributed by atoms with Crippen LogP contribution in [0.2, 0.25) is 0 Å². The van der Waals surface area contributed by atoms with Crippen LogP contribution in [-0.4, -0.2) is 16.5 Å². The number of nitrogens with zero attached hydrogens (tertiary/aromatic N) is 2. The molecule has 20 heavy (non-hydrogen) atoms. The summed E-state index contributed by atoms with van der Waals surface area (Å²) < 4.78 is 13.6. The van der Waals surface area contributed by atoms with Gasteiger partial charge < -0.3 is 10.6 Å². The van der Waals surface area contributed by atoms with E-state index in [-0.39, 0.29) is 5.82 Å². The summed E-state index contributed by atoms with van der Waals surface area (Å²) in [5, 5.41) is 6.15. The molecule has 2 rings (SSSR count). The van der Waals surface area contributed by atoms with Crippen LogP contribution in [0.1, 0.15) is 25.5 Å². The van der Waals surface area contributed by atoms with Gasteiger partial charge in [0, 0.05) is 18.3 Å². The van der Waals surface area contributed by atoms with E-state index in [1.807, 2.05) is 6.92 Å². The van der Waals surface area contributed by atoms with Crippen LogP contribution in [-0.2, 0) is 0 Å². The number of benzene rings is 1. The molecule has 2 N–H and O–H groups in total. The standard InChI is InChI=1S/C15H19FN4/c1-3-4-9-17-15-18-11(2)10-14(20-15)19-13-8-6-5-7-12(13)16/h5-8,10H,3-4,9H2,1-2H3,(H2,17,18,19,20). The fourth-order valence-corrected chi connectivity index (χ4v) is 1.79. The molecule has 0 unspecified atom stereocenters. The Labute approximate surface area is 118 Å². The summed E-state index contributed by atoms with van der Waals surface area (Å²) in [6, 6.07) is 8.31. The first kappa shape index (κ1) is 14.2. The smallest absolute Gasteiger partial charge is 0.224 e. The number of unbranched alkanes of at least 4 members (excludes halogenated alkanes) is 1. The van der Waals surface area contributed by atoms with Gasteiger partial charge in [-0.05, 0) is 25.5 Å². The number of halogens is 1. The summed E-state index contributed by atoms with van der Waals surface area (Å²) in [5.41, 5.74) is 1.24. The minimum Gasteiger partial charge on any atom is -0.354 e. The van der Waals surface area contributed by atoms with Gasteiger partial charge in [-0.15, -0.1) is 0 Å². The fraction of sp³-hybridized carbons (Fsp3) is 0.333. The number of aryl methyl sites for hydroxylation is 1. The summed E-state index contributed by atoms with van der Waals surface area (Å²) in [7, 11) is 0. The molecule has 0 spiro atoms. The van der Waals surface area contributed by atoms with Crippen molar-refractivity contribution in [1.29, 1.82) is 0 Å². The highest BCUT2D eigenvalue weighted by Crippen LogP contribution is 2.19. The molecule has 106 valence electrons. The Balaban J connectivity index is 2.13. The number of nitrogens with one attached hydrogen (secondary N) is 2. The lowest BCUT2D eigenvalue weighted by molar-refractivity contribution is 0.632. The van der Waals surface area contributed by atoms with Gasteiger partial charge in [0.15, 0.2) is 0 Å². The Morgan fingerprint density at radius 2 is 2.00 bits per heavy atom. The van der Waals surface area contributed by atoms with Gasteiger partial charge in [-0.25, -0.2) is 9.37 Å². The molecular formula is C15H19FN4. The molecule has 0 aliphatic carbocycles. The lowest BCUT2D eigenvalue weighted by atomic mass is 10.3. The topological polar surface area (TPSA) is 49.8 Å². The Morgan fingerprint density at radius 1 is 1.20 bits per heavy atom. The van der Waals surface area contributed by atoms with E-state index in [4.69, 9.17) is 0 Å². The Kier molecular flexibility index (Phi) is 4.87. The minimum absolute atomic E-state index is 0.302. The number of hydrogen-bond donors (Lipinski definition) is 2. The van der Waals surface area contributed by atoms with Gasteiger partial charge in [0.05, 0.1) is 5.69 Å². The molecule has 0 amide bonds. The molecule has 4 nitrogen and oxygen atoms in total. The number of anilines is 3. The van der Waals surface area contributed by atoms with E-state index in [1.165, 1.54) is 6.07 Å². The van der Waals surface area contributed by atoms with Gasteiger partial charge in [-0.3, -0.25) is 0 Å². The molecule has 0 radical (unpaired) electrons. The highest BCUT2D eigenvalue weighted by Gasteiger charge is 2.05. The molecule has 1 heterocycles. The van der Waals surface area contributed by atoms with Crippen LogP contribution in [0.3, 0.4) is 0 Å². The number of hydrogen-bond acceptors (Lipinski definition) is 4. The van der Waals surface area contributed by atoms with E-state index in [9.17, 15) is 4.39 Å². The van der Waals surface area contributed by atoms with Crippen LogP contribution >= 0.6 is 0 Å². The first-order chi connectivity index (χ1) is 9.69. The van der Waals surface area contributed by atoms with E-state index in [0.29, 0.717) is 17.5 Å². The molecule has 0 bridgehead atoms. The Morgan fingerprint density at radius 3 is 2.75 bits per heavy atom. The molecule has 0 fully saturated rings. The van der Waals surface area contributed by atoms with Crippen LogP contribution in [0.4, 0.5) is 21.8 Å². The third-order valence-electron chi connectivity index (χ3n) is 2.80. The van der Waals surface area contributed by atoms with Crippen LogP contribution in [0.15, 0.2) is 30.3 Å². The Hall–Kier alpha value is -2.17. The summed E-state index contributed by atoms with van der Waals surface area (Å²) >= 11 is 0. The van der Waals surface area contributed by atoms with Crippen molar-refractivity contribution in [1.82, 2.24) is 9.97 Å². The zero-order chi connectivity index (χ0) is 14.4. The zero-order valence-corrected chi connectivity index (χ0v) is 11.8. The second kappa shape index (κ2) is 6.84. The van der Waals surface area contributed by atoms with Crippen LogP contribution in [0.5, 0.6) is 0 Å². The van der Waals surface area contributed by atoms with Crippen molar-refractivity contribution >= 4 is 17.5 Å². The second-order valence-electron chi connectivity index (χ2n) is 4.60. The van der Waals surface area contributed by atoms with E-state index in [1.54, 1.807) is 24.3 Å². The molecule has 5 heteroatoms. The molecule has 0 saturated heterocycles. The average Bonchev–Trinajstić information content (AvgIpc) is 2.41. The van der Waals surface area contributed by atoms with E-state index in [2.05, 4.69) is 27.5 Å². The minimum atomic E-state index is -0.302. The predicted octanol–water partition coefficient (Wildman–Crippen LogP) is 3.88. The molecule has 2 aromatic rings. The molecule has 1 aromatic heterocycles. The first-order valence-electron chi connectivity index (χ1n) is 6.80. The number of rotatable bonds is 6. The summed E-state index contributed by atoms with van der Waals surface area (Å²) in [6.07, 6.45) is 2.17. The molecule has 0 aliphatic heterocycles. The molecule has 0 aliphatic rings. The maximum Gasteiger partial charge on any atom is 0.224 e. The highest BCUT2D eigenvalue weighted by atomic mass is 19.1. The van der Waals surface area contributed by atoms with Crippen LogP contribution in [0, 0.1) is 12.7 Å². The molecule has 0 saturated carbocycles. The maximum atomic E-state index is 13.6. The van der Waals surface area contributed by atoms with Gasteiger partial charge >= 0.3 is 0 Å². The van der Waals surface area contributed by atoms with Crippen molar-refractivity contribution in [3.8, 4) is 0 Å². The number of para-hydroxylation sites is 1. The molecule has 0 atom stereocenters. The van der Waals surface area contributed by atoms with Crippen molar-refractivity contribution in [3.63, 3.8) is 0 Å². The van der Waals surface area contributed by atoms with Crippen molar-refractivity contribution in [2.45, 2.75) is 26.7 Å². The third-order valence-corrected chi connectivity index (χ3v) is 2.80. The van der Waals surface area contributed by atoms with Gasteiger partial charge in [0.1, 0.15) is 11.6 Å². The lowest BCUT2D eigenvalue weighted by Crippen LogP contribution is -2.07. The third kappa shape index (κ3) is 3.91. The van der Waals surface area contributed by atoms with Crippen molar-refractivity contribution < 1.29 is 4.39 Å². The van der Waals surface area contributed by atoms with Gasteiger partial charge in [-0.1, -0.05) is 25.5 Å². The zero-order valence-electron chi connectivity index (χ0n) is 11.8. The molecular weight excluding hydrogens is 255 g/mol. The largest absolute Gasteiger partial charge is 0.354 e. The monoisotopic (exact) mass is 274 g/mol. The van der Waals surface area contributed by atoms with Gasteiger partial charge in [0.25, 0.3) is 0 Å². The van der Waals surface area contributed by atoms with Crippen LogP contribution in [0.25, 0.3) is 0 Å². The summed E-state index contributed by atoms with van der Waals surface area (Å²) in [6.45, 7) is 4.85. The SMILES string of the molecule is CCCCNc1nc(C)cc(Nc2ccccc2F)n1. The predicted molar refractivity (Wildman–Crippen MR) is 79.8 cm³/mol. The van der Waals surface area contributed by atoms with E-state index in [0.717, 1.165) is 25.1 Å². The fourth-order valence-electron chi connectivity index (χ4n) is 1.79. The van der Waals surface area contributed by atoms with Crippen molar-refractivity contribution in [2.75, 3.05) is 17.2 Å². The summed E-state index contributed by atoms with van der Waals surface area (Å²) in [4.78, 5) is 8.66. The van der Waals surface area contributed by atoms with Crippen LogP contribution < -0.4 is 10.6 Å². The first-order valence-corrected chi connectivity index (χ1v) is 6.80. The van der Waals surface area contributed by atoms with Crippen molar-refractivity contribution in [2.24, 2.45) is 0 Å². The van der Waals surface area contributed by atoms with Crippen molar-refractivity contribution in [3.05, 3.63) is 41.8 Å². The highest BCUT2D eigenvalue weighted by molar-refractivity contribution is 5.58. The second-order valence-corrected chi connectivity index (χ2v) is 4.60.